The zero-order valence-corrected chi connectivity index (χ0v) is 17.9. The molecule has 2 atom stereocenters. The summed E-state index contributed by atoms with van der Waals surface area (Å²) in [4.78, 5) is 36.9. The number of carbonyl (C=O) groups excluding carboxylic acids is 3. The Bertz CT molecular complexity index is 857. The van der Waals surface area contributed by atoms with Crippen molar-refractivity contribution in [1.29, 1.82) is 0 Å². The molecule has 0 radical (unpaired) electrons. The van der Waals surface area contributed by atoms with Gasteiger partial charge in [0.15, 0.2) is 6.61 Å². The third-order valence-electron chi connectivity index (χ3n) is 4.49. The highest BCUT2D eigenvalue weighted by Crippen LogP contribution is 2.20. The second-order valence-corrected chi connectivity index (χ2v) is 7.45. The molecule has 0 saturated carbocycles. The number of halogens is 1. The highest BCUT2D eigenvalue weighted by molar-refractivity contribution is 6.33. The molecule has 2 N–H and O–H groups in total. The van der Waals surface area contributed by atoms with E-state index in [4.69, 9.17) is 16.3 Å². The van der Waals surface area contributed by atoms with Crippen LogP contribution in [0.2, 0.25) is 5.02 Å². The molecule has 2 rings (SSSR count). The average molecular weight is 431 g/mol. The van der Waals surface area contributed by atoms with Gasteiger partial charge in [-0.05, 0) is 31.0 Å². The molecule has 0 bridgehead atoms. The van der Waals surface area contributed by atoms with Gasteiger partial charge in [0, 0.05) is 6.04 Å². The summed E-state index contributed by atoms with van der Waals surface area (Å²) >= 11 is 6.11. The van der Waals surface area contributed by atoms with Crippen LogP contribution in [0.15, 0.2) is 54.6 Å². The van der Waals surface area contributed by atoms with E-state index in [1.54, 1.807) is 24.3 Å². The molecule has 0 spiro atoms. The monoisotopic (exact) mass is 430 g/mol. The molecular weight excluding hydrogens is 404 g/mol. The van der Waals surface area contributed by atoms with Gasteiger partial charge in [-0.3, -0.25) is 14.4 Å². The van der Waals surface area contributed by atoms with Crippen molar-refractivity contribution in [1.82, 2.24) is 10.6 Å². The maximum absolute atomic E-state index is 12.7. The quantitative estimate of drug-likeness (QED) is 0.557. The van der Waals surface area contributed by atoms with E-state index in [1.807, 2.05) is 44.2 Å². The Balaban J connectivity index is 2.00. The standard InChI is InChI=1S/C23H27ClN2O4/c1-3-9-16(2)25-21(27)15-30-22(28)14-20(17-10-5-4-6-11-17)26-23(29)18-12-7-8-13-19(18)24/h4-8,10-13,16,20H,3,9,14-15H2,1-2H3,(H,25,27)(H,26,29)/t16-,20-/m1/s1. The molecule has 0 saturated heterocycles. The number of benzene rings is 2. The van der Waals surface area contributed by atoms with Crippen LogP contribution in [0.4, 0.5) is 0 Å². The lowest BCUT2D eigenvalue weighted by molar-refractivity contribution is -0.149. The summed E-state index contributed by atoms with van der Waals surface area (Å²) in [5.74, 6) is -1.32. The Morgan fingerprint density at radius 2 is 1.67 bits per heavy atom. The van der Waals surface area contributed by atoms with Crippen molar-refractivity contribution in [2.45, 2.75) is 45.2 Å². The maximum Gasteiger partial charge on any atom is 0.308 e. The van der Waals surface area contributed by atoms with E-state index < -0.39 is 17.9 Å². The Morgan fingerprint density at radius 3 is 2.33 bits per heavy atom. The maximum atomic E-state index is 12.7. The lowest BCUT2D eigenvalue weighted by Crippen LogP contribution is -2.36. The van der Waals surface area contributed by atoms with Gasteiger partial charge in [-0.2, -0.15) is 0 Å². The summed E-state index contributed by atoms with van der Waals surface area (Å²) in [6.45, 7) is 3.58. The molecule has 30 heavy (non-hydrogen) atoms. The number of hydrogen-bond acceptors (Lipinski definition) is 4. The van der Waals surface area contributed by atoms with E-state index in [2.05, 4.69) is 10.6 Å². The first-order valence-electron chi connectivity index (χ1n) is 9.96. The predicted octanol–water partition coefficient (Wildman–Crippen LogP) is 4.05. The lowest BCUT2D eigenvalue weighted by atomic mass is 10.0. The molecule has 2 aromatic carbocycles. The van der Waals surface area contributed by atoms with E-state index in [0.717, 1.165) is 18.4 Å². The van der Waals surface area contributed by atoms with Gasteiger partial charge in [0.25, 0.3) is 11.8 Å². The topological polar surface area (TPSA) is 84.5 Å². The number of carbonyl (C=O) groups is 3. The van der Waals surface area contributed by atoms with Crippen molar-refractivity contribution in [3.63, 3.8) is 0 Å². The predicted molar refractivity (Wildman–Crippen MR) is 116 cm³/mol. The molecule has 0 aromatic heterocycles. The molecule has 0 unspecified atom stereocenters. The molecular formula is C23H27ClN2O4. The fourth-order valence-electron chi connectivity index (χ4n) is 3.01. The van der Waals surface area contributed by atoms with Crippen LogP contribution in [-0.4, -0.2) is 30.4 Å². The minimum atomic E-state index is -0.621. The molecule has 160 valence electrons. The first-order chi connectivity index (χ1) is 14.4. The molecule has 0 aliphatic carbocycles. The van der Waals surface area contributed by atoms with Crippen molar-refractivity contribution in [3.8, 4) is 0 Å². The zero-order valence-electron chi connectivity index (χ0n) is 17.2. The van der Waals surface area contributed by atoms with Crippen LogP contribution < -0.4 is 10.6 Å². The number of hydrogen-bond donors (Lipinski definition) is 2. The minimum absolute atomic E-state index is 0.0215. The number of amides is 2. The molecule has 6 nitrogen and oxygen atoms in total. The molecule has 2 aromatic rings. The van der Waals surface area contributed by atoms with Crippen LogP contribution >= 0.6 is 11.6 Å². The molecule has 0 heterocycles. The first kappa shape index (κ1) is 23.4. The Morgan fingerprint density at radius 1 is 1.00 bits per heavy atom. The van der Waals surface area contributed by atoms with Gasteiger partial charge < -0.3 is 15.4 Å². The van der Waals surface area contributed by atoms with Gasteiger partial charge in [-0.1, -0.05) is 67.4 Å². The van der Waals surface area contributed by atoms with E-state index in [1.165, 1.54) is 0 Å². The van der Waals surface area contributed by atoms with Crippen LogP contribution in [0, 0.1) is 0 Å². The summed E-state index contributed by atoms with van der Waals surface area (Å²) in [5.41, 5.74) is 1.06. The van der Waals surface area contributed by atoms with Gasteiger partial charge >= 0.3 is 5.97 Å². The van der Waals surface area contributed by atoms with E-state index >= 15 is 0 Å². The van der Waals surface area contributed by atoms with Crippen molar-refractivity contribution in [2.75, 3.05) is 6.61 Å². The van der Waals surface area contributed by atoms with Gasteiger partial charge in [0.05, 0.1) is 23.0 Å². The summed E-state index contributed by atoms with van der Waals surface area (Å²) < 4.78 is 5.12. The second-order valence-electron chi connectivity index (χ2n) is 7.04. The van der Waals surface area contributed by atoms with Crippen LogP contribution in [0.1, 0.15) is 55.1 Å². The minimum Gasteiger partial charge on any atom is -0.456 e. The second kappa shape index (κ2) is 12.0. The molecule has 0 aliphatic heterocycles. The SMILES string of the molecule is CCC[C@@H](C)NC(=O)COC(=O)C[C@@H](NC(=O)c1ccccc1Cl)c1ccccc1. The molecule has 7 heteroatoms. The van der Waals surface area contributed by atoms with Crippen molar-refractivity contribution >= 4 is 29.4 Å². The number of rotatable bonds is 10. The third kappa shape index (κ3) is 7.52. The fourth-order valence-corrected chi connectivity index (χ4v) is 3.23. The fraction of sp³-hybridized carbons (Fsp3) is 0.348. The average Bonchev–Trinajstić information content (AvgIpc) is 2.73. The Kier molecular flexibility index (Phi) is 9.35. The molecule has 2 amide bonds. The van der Waals surface area contributed by atoms with E-state index in [-0.39, 0.29) is 25.0 Å². The number of esters is 1. The summed E-state index contributed by atoms with van der Waals surface area (Å²) in [7, 11) is 0. The lowest BCUT2D eigenvalue weighted by Gasteiger charge is -2.19. The summed E-state index contributed by atoms with van der Waals surface area (Å²) in [6, 6.07) is 15.2. The molecule has 0 aliphatic rings. The van der Waals surface area contributed by atoms with Gasteiger partial charge in [0.2, 0.25) is 0 Å². The van der Waals surface area contributed by atoms with Gasteiger partial charge in [-0.25, -0.2) is 0 Å². The van der Waals surface area contributed by atoms with Crippen molar-refractivity contribution < 1.29 is 19.1 Å². The smallest absolute Gasteiger partial charge is 0.308 e. The van der Waals surface area contributed by atoms with Gasteiger partial charge in [0.1, 0.15) is 0 Å². The van der Waals surface area contributed by atoms with Crippen LogP contribution in [0.3, 0.4) is 0 Å². The largest absolute Gasteiger partial charge is 0.456 e. The summed E-state index contributed by atoms with van der Waals surface area (Å²) in [5, 5.41) is 5.94. The Hall–Kier alpha value is -2.86. The number of ether oxygens (including phenoxy) is 1. The summed E-state index contributed by atoms with van der Waals surface area (Å²) in [6.07, 6.45) is 1.69. The van der Waals surface area contributed by atoms with Crippen molar-refractivity contribution in [2.24, 2.45) is 0 Å². The normalized spacial score (nSPS) is 12.5. The van der Waals surface area contributed by atoms with Crippen LogP contribution in [-0.2, 0) is 14.3 Å². The Labute approximate surface area is 182 Å². The van der Waals surface area contributed by atoms with E-state index in [0.29, 0.717) is 10.6 Å². The highest BCUT2D eigenvalue weighted by Gasteiger charge is 2.21. The molecule has 0 fully saturated rings. The van der Waals surface area contributed by atoms with Crippen molar-refractivity contribution in [3.05, 3.63) is 70.7 Å². The van der Waals surface area contributed by atoms with Crippen LogP contribution in [0.25, 0.3) is 0 Å². The zero-order chi connectivity index (χ0) is 21.9. The third-order valence-corrected chi connectivity index (χ3v) is 4.82. The van der Waals surface area contributed by atoms with Crippen LogP contribution in [0.5, 0.6) is 0 Å². The van der Waals surface area contributed by atoms with E-state index in [9.17, 15) is 14.4 Å². The highest BCUT2D eigenvalue weighted by atomic mass is 35.5. The first-order valence-corrected chi connectivity index (χ1v) is 10.3. The van der Waals surface area contributed by atoms with Gasteiger partial charge in [-0.15, -0.1) is 0 Å². The number of nitrogens with one attached hydrogen (secondary N) is 2.